The fraction of sp³-hybridized carbons (Fsp3) is 0.800. The predicted octanol–water partition coefficient (Wildman–Crippen LogP) is -1.75. The molecule has 0 fully saturated rings. The molecule has 0 saturated heterocycles. The molecule has 0 aliphatic rings. The maximum atomic E-state index is 10.2. The zero-order chi connectivity index (χ0) is 8.15. The van der Waals surface area contributed by atoms with Crippen LogP contribution in [0.3, 0.4) is 0 Å². The van der Waals surface area contributed by atoms with E-state index in [1.165, 1.54) is 4.90 Å². The third-order valence-corrected chi connectivity index (χ3v) is 1.21. The Morgan fingerprint density at radius 2 is 2.30 bits per heavy atom. The molecule has 0 aliphatic carbocycles. The summed E-state index contributed by atoms with van der Waals surface area (Å²) in [4.78, 5) is 11.7. The smallest absolute Gasteiger partial charge is 0.335 e. The first-order valence-electron chi connectivity index (χ1n) is 2.98. The lowest BCUT2D eigenvalue weighted by molar-refractivity contribution is -0.142. The first kappa shape index (κ1) is 9.35. The molecule has 60 valence electrons. The molecular weight excluding hydrogens is 134 g/mol. The van der Waals surface area contributed by atoms with Crippen LogP contribution in [0, 0.1) is 0 Å². The van der Waals surface area contributed by atoms with E-state index in [-0.39, 0.29) is 0 Å². The highest BCUT2D eigenvalue weighted by atomic mass is 16.4. The fourth-order valence-electron chi connectivity index (χ4n) is 0.531. The Morgan fingerprint density at radius 1 is 1.80 bits per heavy atom. The Morgan fingerprint density at radius 3 is 2.60 bits per heavy atom. The maximum Gasteiger partial charge on any atom is 0.335 e. The predicted molar refractivity (Wildman–Crippen MR) is 37.3 cm³/mol. The third kappa shape index (κ3) is 2.77. The number of likely N-dealkylation sites (N-methyl/N-ethyl adjacent to an activating group) is 1. The largest absolute Gasteiger partial charge is 0.479 e. The Bertz CT molecular complexity index is 117. The summed E-state index contributed by atoms with van der Waals surface area (Å²) in [6, 6.07) is 0. The fourth-order valence-corrected chi connectivity index (χ4v) is 0.531. The molecule has 1 unspecified atom stereocenters. The summed E-state index contributed by atoms with van der Waals surface area (Å²) in [6.07, 6.45) is -0.941. The molecule has 0 amide bonds. The lowest BCUT2D eigenvalue weighted by Gasteiger charge is -2.19. The summed E-state index contributed by atoms with van der Waals surface area (Å²) in [5.41, 5.74) is 10.4. The van der Waals surface area contributed by atoms with Crippen LogP contribution < -0.4 is 11.5 Å². The van der Waals surface area contributed by atoms with Crippen molar-refractivity contribution in [1.82, 2.24) is 4.90 Å². The number of carboxylic acids is 1. The average molecular weight is 147 g/mol. The van der Waals surface area contributed by atoms with Crippen LogP contribution in [-0.4, -0.2) is 42.3 Å². The second-order valence-electron chi connectivity index (χ2n) is 2.05. The summed E-state index contributed by atoms with van der Waals surface area (Å²) in [7, 11) is 1.62. The Kier molecular flexibility index (Phi) is 3.94. The van der Waals surface area contributed by atoms with Gasteiger partial charge in [0.2, 0.25) is 0 Å². The van der Waals surface area contributed by atoms with Crippen molar-refractivity contribution in [3.8, 4) is 0 Å². The van der Waals surface area contributed by atoms with Crippen molar-refractivity contribution >= 4 is 5.97 Å². The number of carbonyl (C=O) groups is 1. The molecule has 0 aromatic heterocycles. The summed E-state index contributed by atoms with van der Waals surface area (Å²) in [5.74, 6) is -1.03. The second-order valence-corrected chi connectivity index (χ2v) is 2.05. The minimum Gasteiger partial charge on any atom is -0.479 e. The number of hydrogen-bond acceptors (Lipinski definition) is 4. The number of aliphatic carboxylic acids is 1. The topological polar surface area (TPSA) is 92.6 Å². The number of nitrogens with zero attached hydrogens (tertiary/aromatic N) is 1. The van der Waals surface area contributed by atoms with Gasteiger partial charge in [0.15, 0.2) is 6.17 Å². The number of nitrogens with two attached hydrogens (primary N) is 2. The van der Waals surface area contributed by atoms with Gasteiger partial charge in [0.05, 0.1) is 0 Å². The van der Waals surface area contributed by atoms with Crippen molar-refractivity contribution < 1.29 is 9.90 Å². The SMILES string of the molecule is CN(CCN)C(N)C(=O)O. The van der Waals surface area contributed by atoms with Gasteiger partial charge in [0, 0.05) is 13.1 Å². The van der Waals surface area contributed by atoms with Gasteiger partial charge in [-0.05, 0) is 7.05 Å². The van der Waals surface area contributed by atoms with E-state index in [0.717, 1.165) is 0 Å². The van der Waals surface area contributed by atoms with Crippen LogP contribution >= 0.6 is 0 Å². The van der Waals surface area contributed by atoms with E-state index in [4.69, 9.17) is 16.6 Å². The van der Waals surface area contributed by atoms with E-state index >= 15 is 0 Å². The average Bonchev–Trinajstić information content (AvgIpc) is 1.87. The van der Waals surface area contributed by atoms with Gasteiger partial charge in [0.1, 0.15) is 0 Å². The summed E-state index contributed by atoms with van der Waals surface area (Å²) in [5, 5.41) is 8.37. The van der Waals surface area contributed by atoms with E-state index in [2.05, 4.69) is 0 Å². The van der Waals surface area contributed by atoms with Crippen LogP contribution in [0.4, 0.5) is 0 Å². The number of rotatable bonds is 4. The van der Waals surface area contributed by atoms with Gasteiger partial charge in [-0.25, -0.2) is 4.79 Å². The van der Waals surface area contributed by atoms with Crippen LogP contribution in [0.15, 0.2) is 0 Å². The highest BCUT2D eigenvalue weighted by molar-refractivity contribution is 5.72. The van der Waals surface area contributed by atoms with Gasteiger partial charge in [-0.1, -0.05) is 0 Å². The Labute approximate surface area is 59.6 Å². The second kappa shape index (κ2) is 4.21. The van der Waals surface area contributed by atoms with Crippen molar-refractivity contribution in [3.05, 3.63) is 0 Å². The molecule has 0 saturated carbocycles. The minimum absolute atomic E-state index is 0.414. The van der Waals surface area contributed by atoms with Crippen LogP contribution in [0.25, 0.3) is 0 Å². The first-order chi connectivity index (χ1) is 4.59. The van der Waals surface area contributed by atoms with Crippen LogP contribution in [0.5, 0.6) is 0 Å². The van der Waals surface area contributed by atoms with Gasteiger partial charge in [-0.3, -0.25) is 4.90 Å². The monoisotopic (exact) mass is 147 g/mol. The molecule has 5 heteroatoms. The highest BCUT2D eigenvalue weighted by Gasteiger charge is 2.15. The molecule has 0 aromatic rings. The number of carboxylic acid groups (broad SMARTS) is 1. The zero-order valence-electron chi connectivity index (χ0n) is 5.95. The van der Waals surface area contributed by atoms with Crippen LogP contribution in [-0.2, 0) is 4.79 Å². The Balaban J connectivity index is 3.69. The standard InChI is InChI=1S/C5H13N3O2/c1-8(3-2-6)4(7)5(9)10/h4H,2-3,6-7H2,1H3,(H,9,10). The van der Waals surface area contributed by atoms with E-state index in [1.807, 2.05) is 0 Å². The van der Waals surface area contributed by atoms with Crippen LogP contribution in [0.1, 0.15) is 0 Å². The molecule has 5 N–H and O–H groups in total. The summed E-state index contributed by atoms with van der Waals surface area (Å²) >= 11 is 0. The van der Waals surface area contributed by atoms with Gasteiger partial charge in [-0.2, -0.15) is 0 Å². The van der Waals surface area contributed by atoms with Gasteiger partial charge in [0.25, 0.3) is 0 Å². The molecule has 0 aromatic carbocycles. The van der Waals surface area contributed by atoms with E-state index < -0.39 is 12.1 Å². The lowest BCUT2D eigenvalue weighted by Crippen LogP contribution is -2.47. The van der Waals surface area contributed by atoms with E-state index in [0.29, 0.717) is 13.1 Å². The molecule has 0 bridgehead atoms. The van der Waals surface area contributed by atoms with Crippen molar-refractivity contribution in [2.45, 2.75) is 6.17 Å². The van der Waals surface area contributed by atoms with Crippen molar-refractivity contribution in [2.24, 2.45) is 11.5 Å². The molecule has 1 atom stereocenters. The molecule has 10 heavy (non-hydrogen) atoms. The quantitative estimate of drug-likeness (QED) is 0.410. The first-order valence-corrected chi connectivity index (χ1v) is 2.98. The highest BCUT2D eigenvalue weighted by Crippen LogP contribution is 1.86. The van der Waals surface area contributed by atoms with Crippen molar-refractivity contribution in [3.63, 3.8) is 0 Å². The molecule has 5 nitrogen and oxygen atoms in total. The van der Waals surface area contributed by atoms with Crippen molar-refractivity contribution in [2.75, 3.05) is 20.1 Å². The lowest BCUT2D eigenvalue weighted by atomic mass is 10.4. The number of hydrogen-bond donors (Lipinski definition) is 3. The molecule has 0 heterocycles. The molecule has 0 radical (unpaired) electrons. The van der Waals surface area contributed by atoms with Gasteiger partial charge < -0.3 is 16.6 Å². The van der Waals surface area contributed by atoms with Crippen LogP contribution in [0.2, 0.25) is 0 Å². The van der Waals surface area contributed by atoms with E-state index in [9.17, 15) is 4.79 Å². The van der Waals surface area contributed by atoms with E-state index in [1.54, 1.807) is 7.05 Å². The molecular formula is C5H13N3O2. The van der Waals surface area contributed by atoms with Gasteiger partial charge >= 0.3 is 5.97 Å². The maximum absolute atomic E-state index is 10.2. The summed E-state index contributed by atoms with van der Waals surface area (Å²) in [6.45, 7) is 0.908. The summed E-state index contributed by atoms with van der Waals surface area (Å²) < 4.78 is 0. The molecule has 0 aliphatic heterocycles. The van der Waals surface area contributed by atoms with Crippen molar-refractivity contribution in [1.29, 1.82) is 0 Å². The zero-order valence-corrected chi connectivity index (χ0v) is 5.95. The third-order valence-electron chi connectivity index (χ3n) is 1.21. The Hall–Kier alpha value is -0.650. The molecule has 0 spiro atoms. The minimum atomic E-state index is -1.03. The normalized spacial score (nSPS) is 13.6. The van der Waals surface area contributed by atoms with Gasteiger partial charge in [-0.15, -0.1) is 0 Å². The molecule has 0 rings (SSSR count).